The van der Waals surface area contributed by atoms with Gasteiger partial charge in [0.2, 0.25) is 0 Å². The number of aliphatic hydroxyl groups is 1. The first-order valence-electron chi connectivity index (χ1n) is 9.65. The van der Waals surface area contributed by atoms with E-state index in [0.29, 0.717) is 30.6 Å². The van der Waals surface area contributed by atoms with Crippen molar-refractivity contribution in [2.45, 2.75) is 70.3 Å². The standard InChI is InChI=1S/C21H30O3/c1-20-11-9-17-16-8-6-15(22)12-14(16)5-7-18(17)19(20)4-3-10-21(20,23)13-24-2/h12,18-19,23H,3-11,13H2,1-2H3/t18?,19?,20?,21-/m1/s1. The molecule has 0 aromatic carbocycles. The maximum absolute atomic E-state index is 11.8. The summed E-state index contributed by atoms with van der Waals surface area (Å²) in [5.41, 5.74) is 3.74. The van der Waals surface area contributed by atoms with E-state index in [4.69, 9.17) is 4.74 Å². The van der Waals surface area contributed by atoms with E-state index in [2.05, 4.69) is 6.92 Å². The van der Waals surface area contributed by atoms with Crippen LogP contribution >= 0.6 is 0 Å². The van der Waals surface area contributed by atoms with Gasteiger partial charge in [-0.15, -0.1) is 0 Å². The number of carbonyl (C=O) groups excluding carboxylic acids is 1. The van der Waals surface area contributed by atoms with Gasteiger partial charge in [-0.2, -0.15) is 0 Å². The van der Waals surface area contributed by atoms with Crippen LogP contribution in [0.5, 0.6) is 0 Å². The van der Waals surface area contributed by atoms with E-state index in [-0.39, 0.29) is 5.41 Å². The number of carbonyl (C=O) groups is 1. The Bertz CT molecular complexity index is 613. The number of hydrogen-bond donors (Lipinski definition) is 1. The lowest BCUT2D eigenvalue weighted by atomic mass is 9.48. The van der Waals surface area contributed by atoms with Gasteiger partial charge in [0.1, 0.15) is 0 Å². The third kappa shape index (κ3) is 2.28. The van der Waals surface area contributed by atoms with Crippen LogP contribution in [-0.2, 0) is 9.53 Å². The minimum atomic E-state index is -0.681. The molecule has 0 heterocycles. The summed E-state index contributed by atoms with van der Waals surface area (Å²) in [6, 6.07) is 0. The fourth-order valence-corrected chi connectivity index (χ4v) is 6.34. The fraction of sp³-hybridized carbons (Fsp3) is 0.762. The summed E-state index contributed by atoms with van der Waals surface area (Å²) < 4.78 is 5.42. The lowest BCUT2D eigenvalue weighted by molar-refractivity contribution is -0.184. The Kier molecular flexibility index (Phi) is 4.00. The third-order valence-corrected chi connectivity index (χ3v) is 7.67. The Morgan fingerprint density at radius 2 is 2.04 bits per heavy atom. The second kappa shape index (κ2) is 5.81. The minimum absolute atomic E-state index is 0.0400. The monoisotopic (exact) mass is 330 g/mol. The zero-order valence-electron chi connectivity index (χ0n) is 15.1. The fourth-order valence-electron chi connectivity index (χ4n) is 6.34. The molecule has 0 saturated heterocycles. The average molecular weight is 330 g/mol. The highest BCUT2D eigenvalue weighted by atomic mass is 16.5. The number of ether oxygens (including phenoxy) is 1. The van der Waals surface area contributed by atoms with Gasteiger partial charge in [-0.25, -0.2) is 0 Å². The smallest absolute Gasteiger partial charge is 0.156 e. The van der Waals surface area contributed by atoms with Gasteiger partial charge in [0.15, 0.2) is 5.78 Å². The van der Waals surface area contributed by atoms with Crippen molar-refractivity contribution in [3.63, 3.8) is 0 Å². The van der Waals surface area contributed by atoms with E-state index in [1.807, 2.05) is 6.08 Å². The molecule has 24 heavy (non-hydrogen) atoms. The second-order valence-corrected chi connectivity index (χ2v) is 8.67. The van der Waals surface area contributed by atoms with Gasteiger partial charge >= 0.3 is 0 Å². The molecule has 3 heteroatoms. The molecule has 1 N–H and O–H groups in total. The predicted molar refractivity (Wildman–Crippen MR) is 93.6 cm³/mol. The molecule has 0 aromatic rings. The molecule has 3 unspecified atom stereocenters. The van der Waals surface area contributed by atoms with Gasteiger partial charge in [0, 0.05) is 18.9 Å². The maximum Gasteiger partial charge on any atom is 0.156 e. The molecule has 4 atom stereocenters. The van der Waals surface area contributed by atoms with Crippen molar-refractivity contribution < 1.29 is 14.6 Å². The molecule has 0 amide bonds. The zero-order chi connectivity index (χ0) is 16.9. The van der Waals surface area contributed by atoms with Crippen LogP contribution < -0.4 is 0 Å². The summed E-state index contributed by atoms with van der Waals surface area (Å²) in [7, 11) is 1.71. The Morgan fingerprint density at radius 3 is 2.83 bits per heavy atom. The molecule has 2 saturated carbocycles. The topological polar surface area (TPSA) is 46.5 Å². The van der Waals surface area contributed by atoms with Crippen molar-refractivity contribution in [2.75, 3.05) is 13.7 Å². The van der Waals surface area contributed by atoms with Crippen molar-refractivity contribution in [3.8, 4) is 0 Å². The van der Waals surface area contributed by atoms with Crippen LogP contribution in [0.2, 0.25) is 0 Å². The Labute approximate surface area is 145 Å². The molecule has 0 aromatic heterocycles. The Morgan fingerprint density at radius 1 is 1.21 bits per heavy atom. The SMILES string of the molecule is COC[C@]1(O)CCCC2C3CCC4=CC(=O)CCC4=C3CCC21C. The predicted octanol–water partition coefficient (Wildman–Crippen LogP) is 3.96. The Balaban J connectivity index is 1.71. The molecular weight excluding hydrogens is 300 g/mol. The number of fused-ring (bicyclic) bond motifs is 4. The Hall–Kier alpha value is -0.930. The van der Waals surface area contributed by atoms with Crippen molar-refractivity contribution in [1.29, 1.82) is 0 Å². The van der Waals surface area contributed by atoms with E-state index in [0.717, 1.165) is 44.9 Å². The van der Waals surface area contributed by atoms with E-state index >= 15 is 0 Å². The number of ketones is 1. The highest BCUT2D eigenvalue weighted by Gasteiger charge is 2.58. The summed E-state index contributed by atoms with van der Waals surface area (Å²) in [5.74, 6) is 1.47. The zero-order valence-corrected chi connectivity index (χ0v) is 15.1. The van der Waals surface area contributed by atoms with Crippen molar-refractivity contribution in [2.24, 2.45) is 17.3 Å². The van der Waals surface area contributed by atoms with Crippen LogP contribution in [0.1, 0.15) is 64.7 Å². The number of rotatable bonds is 2. The molecule has 0 spiro atoms. The second-order valence-electron chi connectivity index (χ2n) is 8.67. The lowest BCUT2D eigenvalue weighted by Crippen LogP contribution is -2.59. The van der Waals surface area contributed by atoms with Gasteiger partial charge < -0.3 is 9.84 Å². The third-order valence-electron chi connectivity index (χ3n) is 7.67. The molecule has 0 radical (unpaired) electrons. The number of methoxy groups -OCH3 is 1. The van der Waals surface area contributed by atoms with Crippen molar-refractivity contribution >= 4 is 5.78 Å². The summed E-state index contributed by atoms with van der Waals surface area (Å²) in [6.45, 7) is 2.77. The first-order valence-corrected chi connectivity index (χ1v) is 9.65. The van der Waals surface area contributed by atoms with Gasteiger partial charge in [0.25, 0.3) is 0 Å². The quantitative estimate of drug-likeness (QED) is 0.833. The first-order chi connectivity index (χ1) is 11.5. The van der Waals surface area contributed by atoms with Gasteiger partial charge in [0.05, 0.1) is 12.2 Å². The van der Waals surface area contributed by atoms with E-state index in [9.17, 15) is 9.90 Å². The summed E-state index contributed by atoms with van der Waals surface area (Å²) in [6.07, 6.45) is 11.1. The minimum Gasteiger partial charge on any atom is -0.387 e. The molecule has 132 valence electrons. The molecule has 3 nitrogen and oxygen atoms in total. The summed E-state index contributed by atoms with van der Waals surface area (Å²) in [4.78, 5) is 11.8. The van der Waals surface area contributed by atoms with Crippen molar-refractivity contribution in [3.05, 3.63) is 22.8 Å². The van der Waals surface area contributed by atoms with Crippen LogP contribution in [0.25, 0.3) is 0 Å². The van der Waals surface area contributed by atoms with E-state index < -0.39 is 5.60 Å². The van der Waals surface area contributed by atoms with Crippen LogP contribution in [0, 0.1) is 17.3 Å². The highest BCUT2D eigenvalue weighted by molar-refractivity contribution is 5.93. The molecule has 4 aliphatic carbocycles. The maximum atomic E-state index is 11.8. The van der Waals surface area contributed by atoms with Crippen LogP contribution in [-0.4, -0.2) is 30.2 Å². The average Bonchev–Trinajstić information content (AvgIpc) is 2.55. The van der Waals surface area contributed by atoms with Crippen LogP contribution in [0.4, 0.5) is 0 Å². The molecule has 4 aliphatic rings. The summed E-state index contributed by atoms with van der Waals surface area (Å²) >= 11 is 0. The molecular formula is C21H30O3. The van der Waals surface area contributed by atoms with Gasteiger partial charge in [-0.05, 0) is 74.0 Å². The largest absolute Gasteiger partial charge is 0.387 e. The summed E-state index contributed by atoms with van der Waals surface area (Å²) in [5, 5.41) is 11.4. The van der Waals surface area contributed by atoms with E-state index in [1.54, 1.807) is 12.7 Å². The van der Waals surface area contributed by atoms with Crippen LogP contribution in [0.3, 0.4) is 0 Å². The van der Waals surface area contributed by atoms with Crippen LogP contribution in [0.15, 0.2) is 22.8 Å². The van der Waals surface area contributed by atoms with Crippen molar-refractivity contribution in [1.82, 2.24) is 0 Å². The number of hydrogen-bond acceptors (Lipinski definition) is 3. The molecule has 0 bridgehead atoms. The first kappa shape index (κ1) is 16.5. The molecule has 4 rings (SSSR count). The lowest BCUT2D eigenvalue weighted by Gasteiger charge is -2.59. The molecule has 0 aliphatic heterocycles. The van der Waals surface area contributed by atoms with E-state index in [1.165, 1.54) is 17.6 Å². The van der Waals surface area contributed by atoms with Gasteiger partial charge in [-0.3, -0.25) is 4.79 Å². The highest BCUT2D eigenvalue weighted by Crippen LogP contribution is 2.61. The normalized spacial score (nSPS) is 42.1. The number of allylic oxidation sites excluding steroid dienone is 4. The molecule has 2 fully saturated rings. The van der Waals surface area contributed by atoms with Gasteiger partial charge in [-0.1, -0.05) is 18.9 Å².